The summed E-state index contributed by atoms with van der Waals surface area (Å²) in [5.41, 5.74) is -0.397. The minimum Gasteiger partial charge on any atom is -0.394 e. The molecular weight excluding hydrogens is 228 g/mol. The summed E-state index contributed by atoms with van der Waals surface area (Å²) < 4.78 is 0. The summed E-state index contributed by atoms with van der Waals surface area (Å²) in [4.78, 5) is 8.93. The average Bonchev–Trinajstić information content (AvgIpc) is 2.28. The van der Waals surface area contributed by atoms with E-state index in [1.165, 1.54) is 0 Å². The molecule has 0 saturated heterocycles. The molecule has 0 aliphatic rings. The SMILES string of the molecule is CCNc1cc(NC(C)(C)CO)nc(C(C)C)n1. The van der Waals surface area contributed by atoms with Crippen LogP contribution in [0.15, 0.2) is 6.07 Å². The summed E-state index contributed by atoms with van der Waals surface area (Å²) in [5, 5.41) is 15.7. The van der Waals surface area contributed by atoms with Gasteiger partial charge in [-0.05, 0) is 20.8 Å². The van der Waals surface area contributed by atoms with Crippen LogP contribution in [0, 0.1) is 0 Å². The van der Waals surface area contributed by atoms with Crippen molar-refractivity contribution < 1.29 is 5.11 Å². The van der Waals surface area contributed by atoms with Gasteiger partial charge in [0.2, 0.25) is 0 Å². The van der Waals surface area contributed by atoms with Crippen molar-refractivity contribution in [3.63, 3.8) is 0 Å². The molecule has 3 N–H and O–H groups in total. The predicted molar refractivity (Wildman–Crippen MR) is 75.1 cm³/mol. The Morgan fingerprint density at radius 1 is 1.28 bits per heavy atom. The second-order valence-corrected chi connectivity index (χ2v) is 5.35. The van der Waals surface area contributed by atoms with Crippen LogP contribution >= 0.6 is 0 Å². The molecule has 0 spiro atoms. The molecule has 18 heavy (non-hydrogen) atoms. The Labute approximate surface area is 109 Å². The van der Waals surface area contributed by atoms with Gasteiger partial charge < -0.3 is 15.7 Å². The Kier molecular flexibility index (Phi) is 4.90. The molecule has 0 unspecified atom stereocenters. The molecule has 102 valence electrons. The van der Waals surface area contributed by atoms with Crippen LogP contribution in [0.4, 0.5) is 11.6 Å². The average molecular weight is 252 g/mol. The number of nitrogens with zero attached hydrogens (tertiary/aromatic N) is 2. The predicted octanol–water partition coefficient (Wildman–Crippen LogP) is 2.21. The largest absolute Gasteiger partial charge is 0.394 e. The lowest BCUT2D eigenvalue weighted by molar-refractivity contribution is 0.234. The zero-order valence-corrected chi connectivity index (χ0v) is 11.9. The van der Waals surface area contributed by atoms with E-state index in [9.17, 15) is 5.11 Å². The third kappa shape index (κ3) is 4.14. The number of rotatable bonds is 6. The van der Waals surface area contributed by atoms with Gasteiger partial charge in [-0.2, -0.15) is 0 Å². The van der Waals surface area contributed by atoms with Gasteiger partial charge in [-0.1, -0.05) is 13.8 Å². The molecular formula is C13H24N4O. The summed E-state index contributed by atoms with van der Waals surface area (Å²) in [7, 11) is 0. The summed E-state index contributed by atoms with van der Waals surface area (Å²) in [5.74, 6) is 2.61. The highest BCUT2D eigenvalue weighted by Crippen LogP contribution is 2.19. The second kappa shape index (κ2) is 6.00. The standard InChI is InChI=1S/C13H24N4O/c1-6-14-10-7-11(17-13(4,5)8-18)16-12(15-10)9(2)3/h7,9,18H,6,8H2,1-5H3,(H2,14,15,16,17). The number of anilines is 2. The molecule has 5 heteroatoms. The van der Waals surface area contributed by atoms with Crippen molar-refractivity contribution in [2.75, 3.05) is 23.8 Å². The maximum atomic E-state index is 9.28. The fourth-order valence-electron chi connectivity index (χ4n) is 1.45. The van der Waals surface area contributed by atoms with Crippen LogP contribution in [0.25, 0.3) is 0 Å². The lowest BCUT2D eigenvalue weighted by atomic mass is 10.1. The molecule has 0 aliphatic heterocycles. The Balaban J connectivity index is 3.03. The molecule has 5 nitrogen and oxygen atoms in total. The zero-order valence-electron chi connectivity index (χ0n) is 11.9. The zero-order chi connectivity index (χ0) is 13.8. The number of aliphatic hydroxyl groups excluding tert-OH is 1. The van der Waals surface area contributed by atoms with Crippen LogP contribution in [0.2, 0.25) is 0 Å². The molecule has 0 aliphatic carbocycles. The maximum absolute atomic E-state index is 9.28. The number of nitrogens with one attached hydrogen (secondary N) is 2. The van der Waals surface area contributed by atoms with Gasteiger partial charge in [-0.15, -0.1) is 0 Å². The van der Waals surface area contributed by atoms with Crippen molar-refractivity contribution in [3.05, 3.63) is 11.9 Å². The fraction of sp³-hybridized carbons (Fsp3) is 0.692. The van der Waals surface area contributed by atoms with Gasteiger partial charge in [-0.25, -0.2) is 9.97 Å². The molecule has 0 saturated carbocycles. The third-order valence-electron chi connectivity index (χ3n) is 2.48. The fourth-order valence-corrected chi connectivity index (χ4v) is 1.45. The molecule has 1 rings (SSSR count). The van der Waals surface area contributed by atoms with Crippen molar-refractivity contribution in [2.24, 2.45) is 0 Å². The molecule has 0 aromatic carbocycles. The topological polar surface area (TPSA) is 70.1 Å². The van der Waals surface area contributed by atoms with E-state index in [1.54, 1.807) is 0 Å². The summed E-state index contributed by atoms with van der Waals surface area (Å²) in [6.07, 6.45) is 0. The molecule has 1 aromatic rings. The molecule has 1 heterocycles. The number of aromatic nitrogens is 2. The van der Waals surface area contributed by atoms with Crippen molar-refractivity contribution in [1.29, 1.82) is 0 Å². The van der Waals surface area contributed by atoms with Gasteiger partial charge in [0, 0.05) is 18.5 Å². The minimum absolute atomic E-state index is 0.0462. The van der Waals surface area contributed by atoms with Gasteiger partial charge in [-0.3, -0.25) is 0 Å². The molecule has 0 bridgehead atoms. The van der Waals surface area contributed by atoms with Crippen LogP contribution < -0.4 is 10.6 Å². The van der Waals surface area contributed by atoms with Gasteiger partial charge in [0.25, 0.3) is 0 Å². The smallest absolute Gasteiger partial charge is 0.135 e. The van der Waals surface area contributed by atoms with E-state index in [4.69, 9.17) is 0 Å². The van der Waals surface area contributed by atoms with E-state index in [0.717, 1.165) is 24.0 Å². The van der Waals surface area contributed by atoms with Gasteiger partial charge >= 0.3 is 0 Å². The van der Waals surface area contributed by atoms with Gasteiger partial charge in [0.05, 0.1) is 12.1 Å². The molecule has 1 aromatic heterocycles. The first-order chi connectivity index (χ1) is 8.38. The highest BCUT2D eigenvalue weighted by Gasteiger charge is 2.17. The quantitative estimate of drug-likeness (QED) is 0.724. The van der Waals surface area contributed by atoms with Crippen LogP contribution in [-0.2, 0) is 0 Å². The van der Waals surface area contributed by atoms with Crippen LogP contribution in [0.1, 0.15) is 46.4 Å². The van der Waals surface area contributed by atoms with E-state index in [-0.39, 0.29) is 12.5 Å². The van der Waals surface area contributed by atoms with E-state index in [0.29, 0.717) is 0 Å². The minimum atomic E-state index is -0.397. The molecule has 0 atom stereocenters. The van der Waals surface area contributed by atoms with E-state index < -0.39 is 5.54 Å². The summed E-state index contributed by atoms with van der Waals surface area (Å²) >= 11 is 0. The van der Waals surface area contributed by atoms with Gasteiger partial charge in [0.15, 0.2) is 0 Å². The monoisotopic (exact) mass is 252 g/mol. The van der Waals surface area contributed by atoms with Crippen LogP contribution in [0.5, 0.6) is 0 Å². The van der Waals surface area contributed by atoms with E-state index in [2.05, 4.69) is 34.4 Å². The molecule has 0 amide bonds. The first kappa shape index (κ1) is 14.7. The van der Waals surface area contributed by atoms with Crippen LogP contribution in [0.3, 0.4) is 0 Å². The summed E-state index contributed by atoms with van der Waals surface area (Å²) in [6.45, 7) is 10.9. The first-order valence-corrected chi connectivity index (χ1v) is 6.40. The first-order valence-electron chi connectivity index (χ1n) is 6.40. The Bertz CT molecular complexity index is 391. The lowest BCUT2D eigenvalue weighted by Gasteiger charge is -2.25. The lowest BCUT2D eigenvalue weighted by Crippen LogP contribution is -2.35. The Morgan fingerprint density at radius 2 is 1.89 bits per heavy atom. The third-order valence-corrected chi connectivity index (χ3v) is 2.48. The number of aliphatic hydroxyl groups is 1. The van der Waals surface area contributed by atoms with Crippen molar-refractivity contribution in [3.8, 4) is 0 Å². The van der Waals surface area contributed by atoms with E-state index >= 15 is 0 Å². The van der Waals surface area contributed by atoms with Crippen molar-refractivity contribution >= 4 is 11.6 Å². The number of hydrogen-bond donors (Lipinski definition) is 3. The highest BCUT2D eigenvalue weighted by molar-refractivity contribution is 5.49. The summed E-state index contributed by atoms with van der Waals surface area (Å²) in [6, 6.07) is 1.87. The highest BCUT2D eigenvalue weighted by atomic mass is 16.3. The maximum Gasteiger partial charge on any atom is 0.135 e. The van der Waals surface area contributed by atoms with Crippen molar-refractivity contribution in [1.82, 2.24) is 9.97 Å². The van der Waals surface area contributed by atoms with Crippen molar-refractivity contribution in [2.45, 2.75) is 46.1 Å². The Morgan fingerprint density at radius 3 is 2.39 bits per heavy atom. The van der Waals surface area contributed by atoms with Crippen LogP contribution in [-0.4, -0.2) is 33.8 Å². The number of hydrogen-bond acceptors (Lipinski definition) is 5. The normalized spacial score (nSPS) is 11.7. The molecule has 0 fully saturated rings. The second-order valence-electron chi connectivity index (χ2n) is 5.35. The Hall–Kier alpha value is -1.36. The van der Waals surface area contributed by atoms with Gasteiger partial charge in [0.1, 0.15) is 17.5 Å². The van der Waals surface area contributed by atoms with E-state index in [1.807, 2.05) is 26.8 Å². The molecule has 0 radical (unpaired) electrons.